The molecule has 0 saturated carbocycles. The fraction of sp³-hybridized carbons (Fsp3) is 0.591. The third-order valence-electron chi connectivity index (χ3n) is 5.59. The molecule has 1 aromatic rings. The lowest BCUT2D eigenvalue weighted by molar-refractivity contribution is -0.136. The van der Waals surface area contributed by atoms with E-state index in [1.807, 2.05) is 39.0 Å². The van der Waals surface area contributed by atoms with Crippen molar-refractivity contribution in [3.63, 3.8) is 0 Å². The lowest BCUT2D eigenvalue weighted by atomic mass is 9.88. The summed E-state index contributed by atoms with van der Waals surface area (Å²) in [5.41, 5.74) is 1.44. The Hall–Kier alpha value is -2.41. The van der Waals surface area contributed by atoms with Gasteiger partial charge < -0.3 is 20.3 Å². The molecule has 2 rings (SSSR count). The number of aryl methyl sites for hydroxylation is 1. The highest BCUT2D eigenvalue weighted by molar-refractivity contribution is 5.98. The molecule has 1 aromatic carbocycles. The van der Waals surface area contributed by atoms with Crippen LogP contribution in [0.15, 0.2) is 24.3 Å². The summed E-state index contributed by atoms with van der Waals surface area (Å²) in [4.78, 5) is 39.6. The molecule has 7 heteroatoms. The average Bonchev–Trinajstić information content (AvgIpc) is 2.72. The molecule has 7 nitrogen and oxygen atoms in total. The van der Waals surface area contributed by atoms with Gasteiger partial charge >= 0.3 is 0 Å². The second-order valence-corrected chi connectivity index (χ2v) is 7.74. The van der Waals surface area contributed by atoms with Gasteiger partial charge in [-0.05, 0) is 50.7 Å². The molecule has 0 bridgehead atoms. The van der Waals surface area contributed by atoms with Crippen LogP contribution in [0.3, 0.4) is 0 Å². The van der Waals surface area contributed by atoms with Crippen LogP contribution < -0.4 is 10.6 Å². The fourth-order valence-electron chi connectivity index (χ4n) is 3.58. The van der Waals surface area contributed by atoms with Gasteiger partial charge in [-0.3, -0.25) is 14.4 Å². The zero-order chi connectivity index (χ0) is 21.4. The van der Waals surface area contributed by atoms with Crippen LogP contribution in [0, 0.1) is 12.8 Å². The summed E-state index contributed by atoms with van der Waals surface area (Å²) in [6, 6.07) is 6.74. The zero-order valence-corrected chi connectivity index (χ0v) is 17.9. The maximum absolute atomic E-state index is 13.0. The Balaban J connectivity index is 2.11. The number of carbonyl (C=O) groups excluding carboxylic acids is 3. The average molecular weight is 404 g/mol. The predicted octanol–water partition coefficient (Wildman–Crippen LogP) is 1.89. The summed E-state index contributed by atoms with van der Waals surface area (Å²) < 4.78 is 4.93. The molecule has 0 spiro atoms. The minimum atomic E-state index is -0.629. The molecule has 3 amide bonds. The minimum absolute atomic E-state index is 0.0291. The highest BCUT2D eigenvalue weighted by atomic mass is 16.5. The number of carbonyl (C=O) groups is 3. The Labute approximate surface area is 173 Å². The first-order valence-corrected chi connectivity index (χ1v) is 10.3. The van der Waals surface area contributed by atoms with Crippen molar-refractivity contribution in [1.82, 2.24) is 15.5 Å². The van der Waals surface area contributed by atoms with Crippen molar-refractivity contribution in [3.8, 4) is 0 Å². The van der Waals surface area contributed by atoms with Crippen molar-refractivity contribution in [2.45, 2.75) is 52.1 Å². The quantitative estimate of drug-likeness (QED) is 0.694. The molecule has 0 aromatic heterocycles. The van der Waals surface area contributed by atoms with E-state index in [0.717, 1.165) is 12.0 Å². The number of nitrogens with one attached hydrogen (secondary N) is 2. The monoisotopic (exact) mass is 403 g/mol. The second-order valence-electron chi connectivity index (χ2n) is 7.74. The number of rotatable bonds is 8. The Kier molecular flexibility index (Phi) is 8.64. The van der Waals surface area contributed by atoms with Gasteiger partial charge in [-0.15, -0.1) is 0 Å². The van der Waals surface area contributed by atoms with E-state index in [1.54, 1.807) is 11.0 Å². The van der Waals surface area contributed by atoms with Gasteiger partial charge in [0.25, 0.3) is 5.91 Å². The number of nitrogens with zero attached hydrogens (tertiary/aromatic N) is 1. The number of benzene rings is 1. The summed E-state index contributed by atoms with van der Waals surface area (Å²) >= 11 is 0. The van der Waals surface area contributed by atoms with Crippen LogP contribution in [0.2, 0.25) is 0 Å². The third-order valence-corrected chi connectivity index (χ3v) is 5.59. The minimum Gasteiger partial charge on any atom is -0.375 e. The number of methoxy groups -OCH3 is 1. The largest absolute Gasteiger partial charge is 0.375 e. The van der Waals surface area contributed by atoms with Crippen LogP contribution in [-0.4, -0.2) is 61.5 Å². The lowest BCUT2D eigenvalue weighted by Gasteiger charge is -2.36. The number of piperidine rings is 1. The van der Waals surface area contributed by atoms with Gasteiger partial charge in [0, 0.05) is 31.8 Å². The summed E-state index contributed by atoms with van der Waals surface area (Å²) in [6.07, 6.45) is 2.12. The highest BCUT2D eigenvalue weighted by Gasteiger charge is 2.34. The standard InChI is InChI=1S/C22H33N3O4/c1-5-16(3)23-22(28)20(24-21(27)18-9-7-6-8-15(18)2)17-10-12-25(13-11-17)19(26)14-29-4/h6-9,16-17,20H,5,10-14H2,1-4H3,(H,23,28)(H,24,27)/t16-,20-/m0/s1. The second kappa shape index (κ2) is 11.0. The smallest absolute Gasteiger partial charge is 0.252 e. The normalized spacial score (nSPS) is 16.8. The van der Waals surface area contributed by atoms with Crippen molar-refractivity contribution < 1.29 is 19.1 Å². The summed E-state index contributed by atoms with van der Waals surface area (Å²) in [6.45, 7) is 7.01. The van der Waals surface area contributed by atoms with Gasteiger partial charge in [0.15, 0.2) is 0 Å². The van der Waals surface area contributed by atoms with E-state index >= 15 is 0 Å². The molecule has 0 unspecified atom stereocenters. The molecule has 0 aliphatic carbocycles. The molecule has 1 fully saturated rings. The van der Waals surface area contributed by atoms with Crippen LogP contribution in [0.1, 0.15) is 49.0 Å². The van der Waals surface area contributed by atoms with Crippen LogP contribution in [0.5, 0.6) is 0 Å². The number of likely N-dealkylation sites (tertiary alicyclic amines) is 1. The van der Waals surface area contributed by atoms with Crippen LogP contribution in [0.25, 0.3) is 0 Å². The lowest BCUT2D eigenvalue weighted by Crippen LogP contribution is -2.55. The van der Waals surface area contributed by atoms with Gasteiger partial charge in [0.1, 0.15) is 12.6 Å². The van der Waals surface area contributed by atoms with E-state index < -0.39 is 6.04 Å². The number of ether oxygens (including phenoxy) is 1. The first kappa shape index (κ1) is 22.9. The molecule has 2 atom stereocenters. The summed E-state index contributed by atoms with van der Waals surface area (Å²) in [5.74, 6) is -0.484. The maximum atomic E-state index is 13.0. The third kappa shape index (κ3) is 6.29. The molecule has 1 aliphatic heterocycles. The molecular formula is C22H33N3O4. The molecule has 0 radical (unpaired) electrons. The first-order chi connectivity index (χ1) is 13.9. The SMILES string of the molecule is CC[C@H](C)NC(=O)[C@@H](NC(=O)c1ccccc1C)C1CCN(C(=O)COC)CC1. The first-order valence-electron chi connectivity index (χ1n) is 10.3. The van der Waals surface area contributed by atoms with E-state index in [2.05, 4.69) is 10.6 Å². The van der Waals surface area contributed by atoms with Crippen LogP contribution in [-0.2, 0) is 14.3 Å². The van der Waals surface area contributed by atoms with Gasteiger partial charge in [-0.25, -0.2) is 0 Å². The topological polar surface area (TPSA) is 87.7 Å². The summed E-state index contributed by atoms with van der Waals surface area (Å²) in [7, 11) is 1.50. The van der Waals surface area contributed by atoms with E-state index in [4.69, 9.17) is 4.74 Å². The molecule has 2 N–H and O–H groups in total. The van der Waals surface area contributed by atoms with Crippen molar-refractivity contribution >= 4 is 17.7 Å². The molecule has 160 valence electrons. The van der Waals surface area contributed by atoms with Crippen molar-refractivity contribution in [1.29, 1.82) is 0 Å². The molecule has 1 saturated heterocycles. The Morgan fingerprint density at radius 2 is 1.83 bits per heavy atom. The Morgan fingerprint density at radius 1 is 1.17 bits per heavy atom. The van der Waals surface area contributed by atoms with E-state index in [-0.39, 0.29) is 36.3 Å². The van der Waals surface area contributed by atoms with Crippen molar-refractivity contribution in [3.05, 3.63) is 35.4 Å². The number of hydrogen-bond acceptors (Lipinski definition) is 4. The van der Waals surface area contributed by atoms with Crippen LogP contribution in [0.4, 0.5) is 0 Å². The Morgan fingerprint density at radius 3 is 2.41 bits per heavy atom. The zero-order valence-electron chi connectivity index (χ0n) is 17.9. The van der Waals surface area contributed by atoms with Crippen molar-refractivity contribution in [2.24, 2.45) is 5.92 Å². The van der Waals surface area contributed by atoms with Gasteiger partial charge in [-0.1, -0.05) is 25.1 Å². The number of amides is 3. The van der Waals surface area contributed by atoms with Crippen LogP contribution >= 0.6 is 0 Å². The Bertz CT molecular complexity index is 714. The predicted molar refractivity (Wildman–Crippen MR) is 112 cm³/mol. The molecule has 1 aliphatic rings. The van der Waals surface area contributed by atoms with E-state index in [0.29, 0.717) is 31.5 Å². The fourth-order valence-corrected chi connectivity index (χ4v) is 3.58. The van der Waals surface area contributed by atoms with Gasteiger partial charge in [0.05, 0.1) is 0 Å². The maximum Gasteiger partial charge on any atom is 0.252 e. The summed E-state index contributed by atoms with van der Waals surface area (Å²) in [5, 5.41) is 5.96. The molecular weight excluding hydrogens is 370 g/mol. The van der Waals surface area contributed by atoms with Gasteiger partial charge in [-0.2, -0.15) is 0 Å². The van der Waals surface area contributed by atoms with Crippen molar-refractivity contribution in [2.75, 3.05) is 26.8 Å². The van der Waals surface area contributed by atoms with Gasteiger partial charge in [0.2, 0.25) is 11.8 Å². The molecule has 1 heterocycles. The van der Waals surface area contributed by atoms with E-state index in [9.17, 15) is 14.4 Å². The van der Waals surface area contributed by atoms with E-state index in [1.165, 1.54) is 7.11 Å². The molecule has 29 heavy (non-hydrogen) atoms. The highest BCUT2D eigenvalue weighted by Crippen LogP contribution is 2.22. The number of hydrogen-bond donors (Lipinski definition) is 2.